The fraction of sp³-hybridized carbons (Fsp3) is 0.0667. The number of aromatic nitrogens is 3. The molecule has 7 heteroatoms. The molecule has 0 aromatic carbocycles. The minimum Gasteiger partial charge on any atom is -0.465 e. The molecule has 0 saturated carbocycles. The topological polar surface area (TPSA) is 111 Å². The van der Waals surface area contributed by atoms with Gasteiger partial charge in [0.15, 0.2) is 5.65 Å². The second-order valence-electron chi connectivity index (χ2n) is 4.55. The van der Waals surface area contributed by atoms with E-state index in [0.29, 0.717) is 11.5 Å². The van der Waals surface area contributed by atoms with Crippen LogP contribution in [0, 0.1) is 29.6 Å². The summed E-state index contributed by atoms with van der Waals surface area (Å²) in [5, 5.41) is 21.5. The first-order valence-corrected chi connectivity index (χ1v) is 6.32. The number of nitrogens with one attached hydrogen (secondary N) is 1. The van der Waals surface area contributed by atoms with Crippen molar-refractivity contribution in [2.24, 2.45) is 0 Å². The molecule has 22 heavy (non-hydrogen) atoms. The molecule has 0 fully saturated rings. The van der Waals surface area contributed by atoms with E-state index in [1.807, 2.05) is 12.1 Å². The summed E-state index contributed by atoms with van der Waals surface area (Å²) in [6, 6.07) is 8.71. The van der Waals surface area contributed by atoms with E-state index in [0.717, 1.165) is 4.52 Å². The average molecular weight is 291 g/mol. The number of hydrogen-bond donors (Lipinski definition) is 1. The Labute approximate surface area is 124 Å². The smallest absolute Gasteiger partial charge is 0.272 e. The number of fused-ring (bicyclic) bond motifs is 1. The molecule has 0 aliphatic rings. The van der Waals surface area contributed by atoms with Crippen molar-refractivity contribution in [2.45, 2.75) is 6.92 Å². The van der Waals surface area contributed by atoms with Crippen molar-refractivity contribution in [3.05, 3.63) is 57.5 Å². The van der Waals surface area contributed by atoms with Crippen LogP contribution in [0.3, 0.4) is 0 Å². The van der Waals surface area contributed by atoms with Crippen molar-refractivity contribution in [2.75, 3.05) is 0 Å². The Balaban J connectivity index is 2.32. The van der Waals surface area contributed by atoms with E-state index in [9.17, 15) is 15.3 Å². The Morgan fingerprint density at radius 3 is 2.95 bits per heavy atom. The first-order chi connectivity index (χ1) is 10.6. The van der Waals surface area contributed by atoms with Crippen molar-refractivity contribution in [3.63, 3.8) is 0 Å². The number of hydrogen-bond acceptors (Lipinski definition) is 5. The van der Waals surface area contributed by atoms with Crippen molar-refractivity contribution in [3.8, 4) is 12.1 Å². The van der Waals surface area contributed by atoms with Gasteiger partial charge in [-0.05, 0) is 19.1 Å². The maximum Gasteiger partial charge on any atom is 0.272 e. The van der Waals surface area contributed by atoms with Crippen LogP contribution in [-0.2, 0) is 0 Å². The van der Waals surface area contributed by atoms with Gasteiger partial charge in [0.05, 0.1) is 17.5 Å². The summed E-state index contributed by atoms with van der Waals surface area (Å²) in [7, 11) is 0. The number of rotatable bonds is 2. The van der Waals surface area contributed by atoms with Gasteiger partial charge in [-0.3, -0.25) is 9.89 Å². The largest absolute Gasteiger partial charge is 0.465 e. The highest BCUT2D eigenvalue weighted by molar-refractivity contribution is 5.90. The van der Waals surface area contributed by atoms with Gasteiger partial charge in [0.2, 0.25) is 0 Å². The molecule has 0 spiro atoms. The van der Waals surface area contributed by atoms with Gasteiger partial charge >= 0.3 is 0 Å². The molecule has 0 aliphatic carbocycles. The number of allylic oxidation sites excluding steroid dienone is 1. The van der Waals surface area contributed by atoms with Gasteiger partial charge in [0, 0.05) is 17.8 Å². The third kappa shape index (κ3) is 2.07. The Hall–Kier alpha value is -3.58. The number of nitriles is 2. The van der Waals surface area contributed by atoms with Gasteiger partial charge < -0.3 is 4.42 Å². The van der Waals surface area contributed by atoms with Crippen LogP contribution in [0.5, 0.6) is 0 Å². The molecule has 0 unspecified atom stereocenters. The molecule has 0 radical (unpaired) electrons. The molecular formula is C15H9N5O2. The molecule has 0 bridgehead atoms. The molecule has 0 atom stereocenters. The summed E-state index contributed by atoms with van der Waals surface area (Å²) < 4.78 is 6.32. The molecule has 0 aliphatic heterocycles. The molecule has 7 nitrogen and oxygen atoms in total. The zero-order chi connectivity index (χ0) is 15.7. The zero-order valence-corrected chi connectivity index (χ0v) is 11.5. The van der Waals surface area contributed by atoms with Crippen molar-refractivity contribution in [1.29, 1.82) is 10.5 Å². The minimum atomic E-state index is -0.347. The quantitative estimate of drug-likeness (QED) is 0.724. The van der Waals surface area contributed by atoms with Crippen LogP contribution in [-0.4, -0.2) is 14.6 Å². The number of H-pyrrole nitrogens is 1. The predicted molar refractivity (Wildman–Crippen MR) is 77.5 cm³/mol. The van der Waals surface area contributed by atoms with Crippen molar-refractivity contribution < 1.29 is 4.42 Å². The maximum atomic E-state index is 12.0. The number of aryl methyl sites for hydroxylation is 1. The van der Waals surface area contributed by atoms with Crippen molar-refractivity contribution >= 4 is 17.3 Å². The Morgan fingerprint density at radius 1 is 1.50 bits per heavy atom. The predicted octanol–water partition coefficient (Wildman–Crippen LogP) is 1.86. The lowest BCUT2D eigenvalue weighted by Crippen LogP contribution is -2.14. The third-order valence-corrected chi connectivity index (χ3v) is 3.08. The molecule has 0 amide bonds. The first kappa shape index (κ1) is 13.4. The van der Waals surface area contributed by atoms with E-state index in [4.69, 9.17) is 4.42 Å². The van der Waals surface area contributed by atoms with Crippen LogP contribution in [0.15, 0.2) is 33.7 Å². The fourth-order valence-corrected chi connectivity index (χ4v) is 2.13. The van der Waals surface area contributed by atoms with Crippen LogP contribution < -0.4 is 5.56 Å². The molecule has 3 heterocycles. The summed E-state index contributed by atoms with van der Waals surface area (Å²) >= 11 is 0. The summed E-state index contributed by atoms with van der Waals surface area (Å²) in [4.78, 5) is 16.2. The van der Waals surface area contributed by atoms with Crippen LogP contribution in [0.4, 0.5) is 0 Å². The van der Waals surface area contributed by atoms with E-state index in [-0.39, 0.29) is 28.0 Å². The molecule has 3 aromatic heterocycles. The summed E-state index contributed by atoms with van der Waals surface area (Å²) in [6.45, 7) is 1.67. The maximum absolute atomic E-state index is 12.0. The van der Waals surface area contributed by atoms with Gasteiger partial charge in [-0.15, -0.1) is 0 Å². The second-order valence-corrected chi connectivity index (χ2v) is 4.55. The molecule has 1 N–H and O–H groups in total. The van der Waals surface area contributed by atoms with E-state index in [2.05, 4.69) is 10.1 Å². The number of nitrogens with zero attached hydrogens (tertiary/aromatic N) is 4. The number of furan rings is 1. The Kier molecular flexibility index (Phi) is 3.09. The molecule has 106 valence electrons. The lowest BCUT2D eigenvalue weighted by molar-refractivity contribution is 0.557. The van der Waals surface area contributed by atoms with Crippen LogP contribution in [0.2, 0.25) is 0 Å². The van der Waals surface area contributed by atoms with Gasteiger partial charge in [-0.2, -0.15) is 15.0 Å². The lowest BCUT2D eigenvalue weighted by Gasteiger charge is -1.94. The van der Waals surface area contributed by atoms with Crippen LogP contribution >= 0.6 is 0 Å². The molecular weight excluding hydrogens is 282 g/mol. The second kappa shape index (κ2) is 5.08. The first-order valence-electron chi connectivity index (χ1n) is 6.32. The monoisotopic (exact) mass is 291 g/mol. The van der Waals surface area contributed by atoms with E-state index >= 15 is 0 Å². The highest BCUT2D eigenvalue weighted by atomic mass is 16.3. The standard InChI is InChI=1S/C15H9N5O2/c1-9-5-13(21)20-15(18-9)12(8-17)14(19-20)10(7-16)6-11-3-2-4-22-11/h2-6,19H,1H3/b10-6-. The average Bonchev–Trinajstić information content (AvgIpc) is 3.11. The SMILES string of the molecule is Cc1cc(=O)n2[nH]c(/C(C#N)=C\c3ccco3)c(C#N)c2n1. The zero-order valence-electron chi connectivity index (χ0n) is 11.5. The van der Waals surface area contributed by atoms with E-state index in [1.54, 1.807) is 19.1 Å². The summed E-state index contributed by atoms with van der Waals surface area (Å²) in [5.41, 5.74) is 0.898. The highest BCUT2D eigenvalue weighted by Gasteiger charge is 2.18. The Bertz CT molecular complexity index is 1020. The normalized spacial score (nSPS) is 11.3. The van der Waals surface area contributed by atoms with Crippen molar-refractivity contribution in [1.82, 2.24) is 14.6 Å². The van der Waals surface area contributed by atoms with Crippen LogP contribution in [0.1, 0.15) is 22.7 Å². The summed E-state index contributed by atoms with van der Waals surface area (Å²) in [5.74, 6) is 0.468. The molecule has 3 aromatic rings. The summed E-state index contributed by atoms with van der Waals surface area (Å²) in [6.07, 6.45) is 2.97. The third-order valence-electron chi connectivity index (χ3n) is 3.08. The van der Waals surface area contributed by atoms with Gasteiger partial charge in [-0.25, -0.2) is 4.98 Å². The number of aromatic amines is 1. The molecule has 3 rings (SSSR count). The van der Waals surface area contributed by atoms with E-state index < -0.39 is 0 Å². The van der Waals surface area contributed by atoms with Gasteiger partial charge in [0.25, 0.3) is 5.56 Å². The van der Waals surface area contributed by atoms with Gasteiger partial charge in [-0.1, -0.05) is 0 Å². The fourth-order valence-electron chi connectivity index (χ4n) is 2.13. The van der Waals surface area contributed by atoms with Crippen LogP contribution in [0.25, 0.3) is 17.3 Å². The van der Waals surface area contributed by atoms with Gasteiger partial charge in [0.1, 0.15) is 23.5 Å². The highest BCUT2D eigenvalue weighted by Crippen LogP contribution is 2.22. The Morgan fingerprint density at radius 2 is 2.32 bits per heavy atom. The van der Waals surface area contributed by atoms with E-state index in [1.165, 1.54) is 18.4 Å². The minimum absolute atomic E-state index is 0.139. The lowest BCUT2D eigenvalue weighted by atomic mass is 10.1. The molecule has 0 saturated heterocycles.